The first-order valence-electron chi connectivity index (χ1n) is 15.6. The standard InChI is InChI=1S/C37H40Cl2N6O5/c1-21-11-12-23(34(47)41-6)16-28(21)45-22(2)15-30(33(39)35(45)48)50-20-25-10-8-7-9-24(25)19-42-36(49)44-32(18-31(40)37(3,4)5)43-26-13-14-29(46)27(38)17-26/h7-18,46H,19-20,40H2,1-6H3,(H,41,47)(H2,42,43,44,49). The maximum atomic E-state index is 13.5. The highest BCUT2D eigenvalue weighted by atomic mass is 35.5. The largest absolute Gasteiger partial charge is 0.506 e. The number of rotatable bonds is 9. The summed E-state index contributed by atoms with van der Waals surface area (Å²) in [6.07, 6.45) is 1.57. The number of nitrogens with zero attached hydrogens (tertiary/aromatic N) is 2. The number of aliphatic imine (C=N–C) groups is 1. The molecule has 11 nitrogen and oxygen atoms in total. The van der Waals surface area contributed by atoms with Gasteiger partial charge in [0, 0.05) is 48.1 Å². The molecule has 0 saturated carbocycles. The molecule has 0 saturated heterocycles. The molecule has 0 fully saturated rings. The minimum Gasteiger partial charge on any atom is -0.506 e. The average Bonchev–Trinajstić information content (AvgIpc) is 3.06. The van der Waals surface area contributed by atoms with Crippen molar-refractivity contribution in [3.05, 3.63) is 127 Å². The number of hydrogen-bond donors (Lipinski definition) is 5. The first kappa shape index (κ1) is 37.6. The zero-order chi connectivity index (χ0) is 36.7. The molecule has 0 aliphatic rings. The molecule has 6 N–H and O–H groups in total. The van der Waals surface area contributed by atoms with E-state index >= 15 is 0 Å². The molecule has 50 heavy (non-hydrogen) atoms. The third-order valence-corrected chi connectivity index (χ3v) is 8.41. The van der Waals surface area contributed by atoms with Crippen molar-refractivity contribution in [3.8, 4) is 17.2 Å². The van der Waals surface area contributed by atoms with Gasteiger partial charge < -0.3 is 26.2 Å². The molecule has 3 amide bonds. The number of urea groups is 1. The number of carbonyl (C=O) groups is 2. The Labute approximate surface area is 300 Å². The average molecular weight is 720 g/mol. The second kappa shape index (κ2) is 16.0. The highest BCUT2D eigenvalue weighted by molar-refractivity contribution is 6.32. The number of nitrogens with two attached hydrogens (primary N) is 1. The number of benzene rings is 3. The van der Waals surface area contributed by atoms with Gasteiger partial charge in [0.05, 0.1) is 16.4 Å². The van der Waals surface area contributed by atoms with Gasteiger partial charge in [0.15, 0.2) is 0 Å². The zero-order valence-electron chi connectivity index (χ0n) is 28.7. The van der Waals surface area contributed by atoms with E-state index in [4.69, 9.17) is 33.7 Å². The minimum absolute atomic E-state index is 0.0619. The third kappa shape index (κ3) is 9.25. The number of carbonyl (C=O) groups excluding carboxylic acids is 2. The molecule has 4 aromatic rings. The van der Waals surface area contributed by atoms with Crippen LogP contribution >= 0.6 is 23.2 Å². The van der Waals surface area contributed by atoms with E-state index in [0.29, 0.717) is 28.3 Å². The molecule has 1 heterocycles. The second-order valence-electron chi connectivity index (χ2n) is 12.5. The summed E-state index contributed by atoms with van der Waals surface area (Å²) in [5, 5.41) is 17.9. The molecule has 0 unspecified atom stereocenters. The quantitative estimate of drug-likeness (QED) is 0.0943. The van der Waals surface area contributed by atoms with Gasteiger partial charge in [0.1, 0.15) is 29.0 Å². The second-order valence-corrected chi connectivity index (χ2v) is 13.3. The summed E-state index contributed by atoms with van der Waals surface area (Å²) in [6, 6.07) is 18.0. The Hall–Kier alpha value is -5.26. The van der Waals surface area contributed by atoms with Crippen LogP contribution in [0.1, 0.15) is 53.5 Å². The molecule has 4 rings (SSSR count). The topological polar surface area (TPSA) is 160 Å². The van der Waals surface area contributed by atoms with Crippen LogP contribution in [0.3, 0.4) is 0 Å². The molecule has 0 spiro atoms. The van der Waals surface area contributed by atoms with Crippen molar-refractivity contribution in [3.63, 3.8) is 0 Å². The number of hydrogen-bond acceptors (Lipinski definition) is 7. The Morgan fingerprint density at radius 1 is 1.02 bits per heavy atom. The van der Waals surface area contributed by atoms with Crippen molar-refractivity contribution in [1.29, 1.82) is 0 Å². The fourth-order valence-electron chi connectivity index (χ4n) is 4.75. The van der Waals surface area contributed by atoms with Crippen LogP contribution in [0.2, 0.25) is 10.0 Å². The molecule has 262 valence electrons. The zero-order valence-corrected chi connectivity index (χ0v) is 30.2. The van der Waals surface area contributed by atoms with Gasteiger partial charge in [-0.1, -0.05) is 74.3 Å². The van der Waals surface area contributed by atoms with Crippen molar-refractivity contribution in [2.45, 2.75) is 47.8 Å². The van der Waals surface area contributed by atoms with Crippen LogP contribution in [0.5, 0.6) is 11.5 Å². The van der Waals surface area contributed by atoms with Crippen LogP contribution in [0, 0.1) is 19.3 Å². The van der Waals surface area contributed by atoms with Crippen LogP contribution in [0.15, 0.2) is 88.3 Å². The van der Waals surface area contributed by atoms with E-state index in [9.17, 15) is 19.5 Å². The smallest absolute Gasteiger partial charge is 0.320 e. The van der Waals surface area contributed by atoms with Crippen molar-refractivity contribution in [2.24, 2.45) is 16.1 Å². The summed E-state index contributed by atoms with van der Waals surface area (Å²) in [6.45, 7) is 9.59. The molecule has 13 heteroatoms. The summed E-state index contributed by atoms with van der Waals surface area (Å²) in [5.74, 6) is 0.00340. The van der Waals surface area contributed by atoms with Gasteiger partial charge >= 0.3 is 6.03 Å². The molecular formula is C37H40Cl2N6O5. The first-order chi connectivity index (χ1) is 23.6. The number of halogens is 2. The Kier molecular flexibility index (Phi) is 12.0. The van der Waals surface area contributed by atoms with Crippen LogP contribution in [-0.4, -0.2) is 34.5 Å². The van der Waals surface area contributed by atoms with E-state index in [-0.39, 0.29) is 46.4 Å². The van der Waals surface area contributed by atoms with Crippen molar-refractivity contribution >= 4 is 46.7 Å². The maximum Gasteiger partial charge on any atom is 0.320 e. The Morgan fingerprint density at radius 3 is 2.38 bits per heavy atom. The van der Waals surface area contributed by atoms with Crippen molar-refractivity contribution < 1.29 is 19.4 Å². The molecule has 0 aliphatic carbocycles. The molecule has 0 atom stereocenters. The van der Waals surface area contributed by atoms with E-state index in [2.05, 4.69) is 20.9 Å². The summed E-state index contributed by atoms with van der Waals surface area (Å²) in [7, 11) is 1.54. The van der Waals surface area contributed by atoms with E-state index < -0.39 is 17.0 Å². The fraction of sp³-hybridized carbons (Fsp3) is 0.243. The fourth-order valence-corrected chi connectivity index (χ4v) is 5.12. The lowest BCUT2D eigenvalue weighted by molar-refractivity contribution is 0.0963. The van der Waals surface area contributed by atoms with Crippen LogP contribution < -0.4 is 32.0 Å². The minimum atomic E-state index is -0.541. The number of nitrogens with one attached hydrogen (secondary N) is 3. The highest BCUT2D eigenvalue weighted by Crippen LogP contribution is 2.29. The Balaban J connectivity index is 1.51. The van der Waals surface area contributed by atoms with E-state index in [1.165, 1.54) is 23.7 Å². The number of ether oxygens (including phenoxy) is 1. The summed E-state index contributed by atoms with van der Waals surface area (Å²) in [5.41, 5.74) is 10.1. The van der Waals surface area contributed by atoms with Crippen LogP contribution in [0.4, 0.5) is 10.5 Å². The number of aromatic hydroxyl groups is 1. The van der Waals surface area contributed by atoms with E-state index in [0.717, 1.165) is 16.7 Å². The number of aromatic nitrogens is 1. The highest BCUT2D eigenvalue weighted by Gasteiger charge is 2.18. The monoisotopic (exact) mass is 718 g/mol. The third-order valence-electron chi connectivity index (χ3n) is 7.76. The van der Waals surface area contributed by atoms with Gasteiger partial charge in [-0.25, -0.2) is 9.79 Å². The summed E-state index contributed by atoms with van der Waals surface area (Å²) in [4.78, 5) is 43.3. The molecular weight excluding hydrogens is 679 g/mol. The lowest BCUT2D eigenvalue weighted by Gasteiger charge is -2.19. The number of phenols is 1. The lowest BCUT2D eigenvalue weighted by atomic mass is 9.92. The Bertz CT molecular complexity index is 2050. The summed E-state index contributed by atoms with van der Waals surface area (Å²) < 4.78 is 7.50. The van der Waals surface area contributed by atoms with Crippen LogP contribution in [-0.2, 0) is 13.2 Å². The van der Waals surface area contributed by atoms with Crippen molar-refractivity contribution in [2.75, 3.05) is 7.05 Å². The first-order valence-corrected chi connectivity index (χ1v) is 16.4. The van der Waals surface area contributed by atoms with Crippen LogP contribution in [0.25, 0.3) is 5.69 Å². The normalized spacial score (nSPS) is 12.0. The molecule has 3 aromatic carbocycles. The molecule has 0 aliphatic heterocycles. The van der Waals surface area contributed by atoms with E-state index in [1.807, 2.05) is 52.0 Å². The lowest BCUT2D eigenvalue weighted by Crippen LogP contribution is -2.39. The number of amidine groups is 1. The van der Waals surface area contributed by atoms with Crippen molar-refractivity contribution in [1.82, 2.24) is 20.5 Å². The Morgan fingerprint density at radius 2 is 1.72 bits per heavy atom. The number of aryl methyl sites for hydroxylation is 2. The van der Waals surface area contributed by atoms with Gasteiger partial charge in [0.2, 0.25) is 0 Å². The SMILES string of the molecule is CNC(=O)c1ccc(C)c(-n2c(C)cc(OCc3ccccc3CNC(=O)NC(C=C(N)C(C)(C)C)=Nc3ccc(O)c(Cl)c3)c(Cl)c2=O)c1. The molecule has 0 radical (unpaired) electrons. The summed E-state index contributed by atoms with van der Waals surface area (Å²) >= 11 is 12.6. The number of pyridine rings is 1. The predicted octanol–water partition coefficient (Wildman–Crippen LogP) is 6.82. The van der Waals surface area contributed by atoms with Gasteiger partial charge in [-0.3, -0.25) is 19.5 Å². The van der Waals surface area contributed by atoms with E-state index in [1.54, 1.807) is 43.3 Å². The maximum absolute atomic E-state index is 13.5. The number of amides is 3. The van der Waals surface area contributed by atoms with Gasteiger partial charge in [0.25, 0.3) is 11.5 Å². The molecule has 1 aromatic heterocycles. The van der Waals surface area contributed by atoms with Gasteiger partial charge in [-0.15, -0.1) is 0 Å². The molecule has 0 bridgehead atoms. The van der Waals surface area contributed by atoms with Gasteiger partial charge in [-0.2, -0.15) is 0 Å². The number of phenolic OH excluding ortho intramolecular Hbond substituents is 1. The predicted molar refractivity (Wildman–Crippen MR) is 198 cm³/mol. The number of allylic oxidation sites excluding steroid dienone is 1. The van der Waals surface area contributed by atoms with Gasteiger partial charge in [-0.05, 0) is 60.9 Å².